The average Bonchev–Trinajstić information content (AvgIpc) is 2.18. The first kappa shape index (κ1) is 11.3. The molecule has 0 unspecified atom stereocenters. The van der Waals surface area contributed by atoms with Crippen LogP contribution >= 0.6 is 0 Å². The van der Waals surface area contributed by atoms with E-state index >= 15 is 0 Å². The molecule has 78 valence electrons. The number of rotatable bonds is 3. The molecule has 0 spiro atoms. The zero-order valence-corrected chi connectivity index (χ0v) is 8.95. The Balaban J connectivity index is 2.55. The third-order valence-corrected chi connectivity index (χ3v) is 1.94. The molecule has 0 atom stereocenters. The lowest BCUT2D eigenvalue weighted by Gasteiger charge is -2.17. The van der Waals surface area contributed by atoms with Crippen molar-refractivity contribution in [2.45, 2.75) is 25.8 Å². The molecule has 15 heavy (non-hydrogen) atoms. The summed E-state index contributed by atoms with van der Waals surface area (Å²) in [5.74, 6) is -0.132. The Morgan fingerprint density at radius 2 is 2.00 bits per heavy atom. The Morgan fingerprint density at radius 1 is 1.40 bits per heavy atom. The molecule has 3 heteroatoms. The van der Waals surface area contributed by atoms with E-state index in [1.807, 2.05) is 36.4 Å². The number of nitrogens with one attached hydrogen (secondary N) is 1. The van der Waals surface area contributed by atoms with Gasteiger partial charge in [-0.15, -0.1) is 0 Å². The van der Waals surface area contributed by atoms with Gasteiger partial charge in [-0.3, -0.25) is 4.79 Å². The van der Waals surface area contributed by atoms with E-state index in [-0.39, 0.29) is 5.91 Å². The van der Waals surface area contributed by atoms with Crippen molar-refractivity contribution >= 4 is 5.91 Å². The highest BCUT2D eigenvalue weighted by molar-refractivity contribution is 5.79. The fourth-order valence-electron chi connectivity index (χ4n) is 1.20. The second-order valence-corrected chi connectivity index (χ2v) is 3.95. The summed E-state index contributed by atoms with van der Waals surface area (Å²) in [6.07, 6.45) is 0.311. The maximum absolute atomic E-state index is 11.5. The molecule has 0 saturated heterocycles. The molecular formula is C12H14N2O. The molecule has 0 radical (unpaired) electrons. The van der Waals surface area contributed by atoms with Crippen LogP contribution in [0.5, 0.6) is 0 Å². The van der Waals surface area contributed by atoms with Gasteiger partial charge in [0.15, 0.2) is 0 Å². The molecule has 0 heterocycles. The van der Waals surface area contributed by atoms with Crippen LogP contribution in [0.25, 0.3) is 0 Å². The van der Waals surface area contributed by atoms with E-state index in [0.717, 1.165) is 5.56 Å². The van der Waals surface area contributed by atoms with Gasteiger partial charge in [-0.2, -0.15) is 5.26 Å². The lowest BCUT2D eigenvalue weighted by molar-refractivity contribution is -0.121. The smallest absolute Gasteiger partial charge is 0.225 e. The maximum atomic E-state index is 11.5. The van der Waals surface area contributed by atoms with Gasteiger partial charge < -0.3 is 5.32 Å². The highest BCUT2D eigenvalue weighted by atomic mass is 16.1. The molecule has 0 aromatic heterocycles. The predicted octanol–water partition coefficient (Wildman–Crippen LogP) is 1.65. The molecule has 0 fully saturated rings. The van der Waals surface area contributed by atoms with Crippen molar-refractivity contribution in [2.24, 2.45) is 0 Å². The molecule has 0 bridgehead atoms. The normalized spacial score (nSPS) is 10.5. The summed E-state index contributed by atoms with van der Waals surface area (Å²) in [6.45, 7) is 3.35. The van der Waals surface area contributed by atoms with Crippen molar-refractivity contribution in [1.29, 1.82) is 5.26 Å². The van der Waals surface area contributed by atoms with Crippen molar-refractivity contribution in [3.05, 3.63) is 35.9 Å². The van der Waals surface area contributed by atoms with E-state index in [0.29, 0.717) is 6.42 Å². The van der Waals surface area contributed by atoms with E-state index < -0.39 is 5.54 Å². The van der Waals surface area contributed by atoms with Crippen LogP contribution in [-0.2, 0) is 11.2 Å². The molecule has 1 aromatic rings. The zero-order chi connectivity index (χ0) is 11.3. The minimum Gasteiger partial charge on any atom is -0.338 e. The Bertz CT molecular complexity index is 376. The van der Waals surface area contributed by atoms with Crippen molar-refractivity contribution in [1.82, 2.24) is 5.32 Å². The highest BCUT2D eigenvalue weighted by Gasteiger charge is 2.18. The monoisotopic (exact) mass is 202 g/mol. The summed E-state index contributed by atoms with van der Waals surface area (Å²) in [5.41, 5.74) is 0.148. The van der Waals surface area contributed by atoms with Gasteiger partial charge in [0.05, 0.1) is 12.5 Å². The topological polar surface area (TPSA) is 52.9 Å². The summed E-state index contributed by atoms with van der Waals surface area (Å²) in [5, 5.41) is 11.4. The summed E-state index contributed by atoms with van der Waals surface area (Å²) >= 11 is 0. The second kappa shape index (κ2) is 4.61. The van der Waals surface area contributed by atoms with E-state index in [4.69, 9.17) is 5.26 Å². The lowest BCUT2D eigenvalue weighted by atomic mass is 10.1. The van der Waals surface area contributed by atoms with Gasteiger partial charge in [0.25, 0.3) is 0 Å². The van der Waals surface area contributed by atoms with Gasteiger partial charge in [-0.1, -0.05) is 30.3 Å². The van der Waals surface area contributed by atoms with Crippen molar-refractivity contribution in [2.75, 3.05) is 0 Å². The molecule has 0 aliphatic rings. The Morgan fingerprint density at radius 3 is 2.53 bits per heavy atom. The Labute approximate surface area is 89.7 Å². The van der Waals surface area contributed by atoms with Crippen LogP contribution in [0.2, 0.25) is 0 Å². The minimum atomic E-state index is -0.800. The number of hydrogen-bond donors (Lipinski definition) is 1. The van der Waals surface area contributed by atoms with Crippen LogP contribution in [0.3, 0.4) is 0 Å². The number of hydrogen-bond acceptors (Lipinski definition) is 2. The first-order valence-electron chi connectivity index (χ1n) is 4.80. The van der Waals surface area contributed by atoms with Gasteiger partial charge in [0, 0.05) is 0 Å². The second-order valence-electron chi connectivity index (χ2n) is 3.95. The third kappa shape index (κ3) is 3.82. The van der Waals surface area contributed by atoms with E-state index in [1.165, 1.54) is 0 Å². The molecule has 1 aromatic carbocycles. The SMILES string of the molecule is CC(C)(C#N)NC(=O)Cc1ccccc1. The van der Waals surface area contributed by atoms with E-state index in [9.17, 15) is 4.79 Å². The number of benzene rings is 1. The standard InChI is InChI=1S/C12H14N2O/c1-12(2,9-13)14-11(15)8-10-6-4-3-5-7-10/h3-7H,8H2,1-2H3,(H,14,15). The van der Waals surface area contributed by atoms with Crippen LogP contribution in [-0.4, -0.2) is 11.4 Å². The van der Waals surface area contributed by atoms with E-state index in [2.05, 4.69) is 5.32 Å². The maximum Gasteiger partial charge on any atom is 0.225 e. The zero-order valence-electron chi connectivity index (χ0n) is 8.95. The fourth-order valence-corrected chi connectivity index (χ4v) is 1.20. The third-order valence-electron chi connectivity index (χ3n) is 1.94. The number of amides is 1. The van der Waals surface area contributed by atoms with Gasteiger partial charge in [0.2, 0.25) is 5.91 Å². The highest BCUT2D eigenvalue weighted by Crippen LogP contribution is 2.03. The summed E-state index contributed by atoms with van der Waals surface area (Å²) < 4.78 is 0. The first-order chi connectivity index (χ1) is 7.03. The number of carbonyl (C=O) groups is 1. The van der Waals surface area contributed by atoms with Crippen LogP contribution < -0.4 is 5.32 Å². The van der Waals surface area contributed by atoms with Crippen LogP contribution in [0, 0.1) is 11.3 Å². The van der Waals surface area contributed by atoms with Gasteiger partial charge in [-0.05, 0) is 19.4 Å². The largest absolute Gasteiger partial charge is 0.338 e. The Kier molecular flexibility index (Phi) is 3.46. The Hall–Kier alpha value is -1.82. The lowest BCUT2D eigenvalue weighted by Crippen LogP contribution is -2.42. The molecule has 1 rings (SSSR count). The predicted molar refractivity (Wildman–Crippen MR) is 58.0 cm³/mol. The van der Waals surface area contributed by atoms with Gasteiger partial charge >= 0.3 is 0 Å². The molecular weight excluding hydrogens is 188 g/mol. The molecule has 1 N–H and O–H groups in total. The average molecular weight is 202 g/mol. The van der Waals surface area contributed by atoms with Gasteiger partial charge in [0.1, 0.15) is 5.54 Å². The summed E-state index contributed by atoms with van der Waals surface area (Å²) in [7, 11) is 0. The molecule has 3 nitrogen and oxygen atoms in total. The van der Waals surface area contributed by atoms with Crippen molar-refractivity contribution < 1.29 is 4.79 Å². The van der Waals surface area contributed by atoms with Crippen LogP contribution in [0.4, 0.5) is 0 Å². The number of nitrogens with zero attached hydrogens (tertiary/aromatic N) is 1. The number of carbonyl (C=O) groups excluding carboxylic acids is 1. The van der Waals surface area contributed by atoms with E-state index in [1.54, 1.807) is 13.8 Å². The van der Waals surface area contributed by atoms with Gasteiger partial charge in [-0.25, -0.2) is 0 Å². The van der Waals surface area contributed by atoms with Crippen LogP contribution in [0.1, 0.15) is 19.4 Å². The molecule has 0 aliphatic carbocycles. The molecule has 0 saturated carbocycles. The molecule has 0 aliphatic heterocycles. The first-order valence-corrected chi connectivity index (χ1v) is 4.80. The van der Waals surface area contributed by atoms with Crippen molar-refractivity contribution in [3.63, 3.8) is 0 Å². The van der Waals surface area contributed by atoms with Crippen molar-refractivity contribution in [3.8, 4) is 6.07 Å². The number of nitriles is 1. The quantitative estimate of drug-likeness (QED) is 0.810. The minimum absolute atomic E-state index is 0.132. The molecule has 1 amide bonds. The summed E-state index contributed by atoms with van der Waals surface area (Å²) in [4.78, 5) is 11.5. The summed E-state index contributed by atoms with van der Waals surface area (Å²) in [6, 6.07) is 11.5. The van der Waals surface area contributed by atoms with Crippen LogP contribution in [0.15, 0.2) is 30.3 Å². The fraction of sp³-hybridized carbons (Fsp3) is 0.333.